The first-order chi connectivity index (χ1) is 14.5. The summed E-state index contributed by atoms with van der Waals surface area (Å²) in [6, 6.07) is 6.17. The molecule has 3 fully saturated rings. The van der Waals surface area contributed by atoms with Gasteiger partial charge in [0.05, 0.1) is 6.04 Å². The minimum Gasteiger partial charge on any atom is -0.339 e. The third kappa shape index (κ3) is 4.53. The van der Waals surface area contributed by atoms with Crippen LogP contribution >= 0.6 is 0 Å². The maximum atomic E-state index is 13.6. The van der Waals surface area contributed by atoms with E-state index in [2.05, 4.69) is 16.7 Å². The fourth-order valence-corrected chi connectivity index (χ4v) is 5.53. The van der Waals surface area contributed by atoms with Gasteiger partial charge in [-0.1, -0.05) is 18.9 Å². The van der Waals surface area contributed by atoms with Gasteiger partial charge in [0.1, 0.15) is 5.82 Å². The number of hydrogen-bond acceptors (Lipinski definition) is 3. The Morgan fingerprint density at radius 1 is 0.967 bits per heavy atom. The van der Waals surface area contributed by atoms with Crippen LogP contribution in [0.2, 0.25) is 0 Å². The van der Waals surface area contributed by atoms with Crippen LogP contribution in [0.4, 0.5) is 4.39 Å². The summed E-state index contributed by atoms with van der Waals surface area (Å²) in [6.45, 7) is 5.63. The van der Waals surface area contributed by atoms with Crippen LogP contribution in [0.15, 0.2) is 24.3 Å². The number of nitrogens with zero attached hydrogens (tertiary/aromatic N) is 3. The maximum absolute atomic E-state index is 13.6. The second-order valence-corrected chi connectivity index (χ2v) is 9.20. The number of hydrogen-bond donors (Lipinski definition) is 0. The molecule has 6 heteroatoms. The number of piperazine rings is 1. The summed E-state index contributed by atoms with van der Waals surface area (Å²) in [7, 11) is 0. The summed E-state index contributed by atoms with van der Waals surface area (Å²) in [6.07, 6.45) is 8.08. The third-order valence-corrected chi connectivity index (χ3v) is 7.25. The lowest BCUT2D eigenvalue weighted by Crippen LogP contribution is -2.60. The predicted molar refractivity (Wildman–Crippen MR) is 115 cm³/mol. The molecule has 0 radical (unpaired) electrons. The zero-order valence-electron chi connectivity index (χ0n) is 18.1. The Morgan fingerprint density at radius 3 is 2.33 bits per heavy atom. The van der Waals surface area contributed by atoms with Crippen molar-refractivity contribution in [1.29, 1.82) is 0 Å². The molecule has 1 aromatic rings. The topological polar surface area (TPSA) is 43.9 Å². The van der Waals surface area contributed by atoms with Crippen molar-refractivity contribution in [1.82, 2.24) is 14.7 Å². The van der Waals surface area contributed by atoms with Gasteiger partial charge >= 0.3 is 0 Å². The fourth-order valence-electron chi connectivity index (χ4n) is 5.53. The molecule has 2 atom stereocenters. The summed E-state index contributed by atoms with van der Waals surface area (Å²) in [4.78, 5) is 32.7. The van der Waals surface area contributed by atoms with Gasteiger partial charge in [-0.2, -0.15) is 0 Å². The normalized spacial score (nSPS) is 24.8. The molecule has 0 spiro atoms. The molecule has 0 unspecified atom stereocenters. The van der Waals surface area contributed by atoms with Crippen LogP contribution in [0.5, 0.6) is 0 Å². The lowest BCUT2D eigenvalue weighted by molar-refractivity contribution is -0.143. The van der Waals surface area contributed by atoms with Gasteiger partial charge in [-0.05, 0) is 63.1 Å². The van der Waals surface area contributed by atoms with Crippen molar-refractivity contribution >= 4 is 11.8 Å². The van der Waals surface area contributed by atoms with Gasteiger partial charge in [-0.25, -0.2) is 4.39 Å². The smallest absolute Gasteiger partial charge is 0.254 e. The molecule has 1 aliphatic carbocycles. The molecule has 5 nitrogen and oxygen atoms in total. The standard InChI is InChI=1S/C24H34FN3O2/c1-18-7-4-5-12-28(18)24(30)22(19-8-2-3-9-19)26-13-15-27(16-14-26)23(29)20-10-6-11-21(25)17-20/h6,10-11,17-19,22H,2-5,7-9,12-16H2,1H3/t18-,22-/m1/s1. The molecule has 1 saturated carbocycles. The second kappa shape index (κ2) is 9.46. The Hall–Kier alpha value is -1.95. The molecule has 2 amide bonds. The molecular weight excluding hydrogens is 381 g/mol. The molecule has 2 saturated heterocycles. The summed E-state index contributed by atoms with van der Waals surface area (Å²) in [5, 5.41) is 0. The number of benzene rings is 1. The average Bonchev–Trinajstić information content (AvgIpc) is 3.28. The highest BCUT2D eigenvalue weighted by molar-refractivity contribution is 5.94. The molecule has 164 valence electrons. The Bertz CT molecular complexity index is 757. The summed E-state index contributed by atoms with van der Waals surface area (Å²) in [5.74, 6) is 0.223. The minimum absolute atomic E-state index is 0.0560. The van der Waals surface area contributed by atoms with Crippen molar-refractivity contribution in [2.45, 2.75) is 64.0 Å². The Morgan fingerprint density at radius 2 is 1.67 bits per heavy atom. The van der Waals surface area contributed by atoms with Gasteiger partial charge in [0.25, 0.3) is 5.91 Å². The quantitative estimate of drug-likeness (QED) is 0.756. The Labute approximate surface area is 179 Å². The van der Waals surface area contributed by atoms with Gasteiger partial charge in [0.2, 0.25) is 5.91 Å². The molecule has 2 aliphatic heterocycles. The van der Waals surface area contributed by atoms with Crippen molar-refractivity contribution < 1.29 is 14.0 Å². The fraction of sp³-hybridized carbons (Fsp3) is 0.667. The molecule has 0 aromatic heterocycles. The average molecular weight is 416 g/mol. The van der Waals surface area contributed by atoms with Crippen LogP contribution in [0.25, 0.3) is 0 Å². The van der Waals surface area contributed by atoms with Gasteiger partial charge in [0, 0.05) is 44.3 Å². The molecule has 2 heterocycles. The molecule has 3 aliphatic rings. The lowest BCUT2D eigenvalue weighted by Gasteiger charge is -2.44. The SMILES string of the molecule is C[C@@H]1CCCCN1C(=O)[C@@H](C1CCCC1)N1CCN(C(=O)c2cccc(F)c2)CC1. The monoisotopic (exact) mass is 415 g/mol. The van der Waals surface area contributed by atoms with Crippen LogP contribution in [0.3, 0.4) is 0 Å². The summed E-state index contributed by atoms with van der Waals surface area (Å²) in [5.41, 5.74) is 0.397. The van der Waals surface area contributed by atoms with Gasteiger partial charge in [0.15, 0.2) is 0 Å². The van der Waals surface area contributed by atoms with E-state index < -0.39 is 0 Å². The Kier molecular flexibility index (Phi) is 6.71. The highest BCUT2D eigenvalue weighted by Gasteiger charge is 2.40. The molecular formula is C24H34FN3O2. The molecule has 4 rings (SSSR count). The van der Waals surface area contributed by atoms with E-state index in [-0.39, 0.29) is 17.8 Å². The number of piperidine rings is 1. The molecule has 0 N–H and O–H groups in total. The van der Waals surface area contributed by atoms with E-state index >= 15 is 0 Å². The second-order valence-electron chi connectivity index (χ2n) is 9.20. The van der Waals surface area contributed by atoms with Crippen LogP contribution in [0, 0.1) is 11.7 Å². The van der Waals surface area contributed by atoms with E-state index in [9.17, 15) is 14.0 Å². The van der Waals surface area contributed by atoms with Gasteiger partial charge in [-0.15, -0.1) is 0 Å². The van der Waals surface area contributed by atoms with Crippen molar-refractivity contribution in [2.24, 2.45) is 5.92 Å². The summed E-state index contributed by atoms with van der Waals surface area (Å²) >= 11 is 0. The molecule has 0 bridgehead atoms. The number of carbonyl (C=O) groups is 2. The first-order valence-corrected chi connectivity index (χ1v) is 11.6. The number of amides is 2. The Balaban J connectivity index is 1.44. The molecule has 30 heavy (non-hydrogen) atoms. The lowest BCUT2D eigenvalue weighted by atomic mass is 9.92. The first-order valence-electron chi connectivity index (χ1n) is 11.6. The van der Waals surface area contributed by atoms with E-state index in [4.69, 9.17) is 0 Å². The predicted octanol–water partition coefficient (Wildman–Crippen LogP) is 3.54. The van der Waals surface area contributed by atoms with Crippen molar-refractivity contribution in [3.63, 3.8) is 0 Å². The van der Waals surface area contributed by atoms with E-state index in [1.54, 1.807) is 17.0 Å². The maximum Gasteiger partial charge on any atom is 0.254 e. The van der Waals surface area contributed by atoms with E-state index in [0.29, 0.717) is 49.6 Å². The minimum atomic E-state index is -0.387. The van der Waals surface area contributed by atoms with Crippen molar-refractivity contribution in [3.8, 4) is 0 Å². The number of carbonyl (C=O) groups excluding carboxylic acids is 2. The van der Waals surface area contributed by atoms with E-state index in [1.807, 2.05) is 0 Å². The first kappa shape index (κ1) is 21.3. The van der Waals surface area contributed by atoms with E-state index in [0.717, 1.165) is 32.2 Å². The van der Waals surface area contributed by atoms with Crippen LogP contribution < -0.4 is 0 Å². The highest BCUT2D eigenvalue weighted by atomic mass is 19.1. The number of halogens is 1. The van der Waals surface area contributed by atoms with Crippen molar-refractivity contribution in [2.75, 3.05) is 32.7 Å². The van der Waals surface area contributed by atoms with Gasteiger partial charge in [-0.3, -0.25) is 14.5 Å². The largest absolute Gasteiger partial charge is 0.339 e. The molecule has 1 aromatic carbocycles. The number of rotatable bonds is 4. The van der Waals surface area contributed by atoms with Crippen LogP contribution in [-0.2, 0) is 4.79 Å². The van der Waals surface area contributed by atoms with Crippen molar-refractivity contribution in [3.05, 3.63) is 35.6 Å². The number of likely N-dealkylation sites (tertiary alicyclic amines) is 1. The van der Waals surface area contributed by atoms with Crippen LogP contribution in [-0.4, -0.2) is 71.3 Å². The van der Waals surface area contributed by atoms with Crippen LogP contribution in [0.1, 0.15) is 62.2 Å². The zero-order chi connectivity index (χ0) is 21.1. The van der Waals surface area contributed by atoms with Gasteiger partial charge < -0.3 is 9.80 Å². The highest BCUT2D eigenvalue weighted by Crippen LogP contribution is 2.33. The zero-order valence-corrected chi connectivity index (χ0v) is 18.1. The summed E-state index contributed by atoms with van der Waals surface area (Å²) < 4.78 is 13.5. The third-order valence-electron chi connectivity index (χ3n) is 7.25. The van der Waals surface area contributed by atoms with E-state index in [1.165, 1.54) is 31.4 Å².